The lowest BCUT2D eigenvalue weighted by molar-refractivity contribution is -0.343. The summed E-state index contributed by atoms with van der Waals surface area (Å²) in [5.74, 6) is 0.505. The molecule has 1 unspecified atom stereocenters. The number of nitrogens with zero attached hydrogens (tertiary/aromatic N) is 3. The van der Waals surface area contributed by atoms with E-state index in [0.717, 1.165) is 0 Å². The molecule has 0 saturated carbocycles. The summed E-state index contributed by atoms with van der Waals surface area (Å²) in [5.41, 5.74) is 8.33. The lowest BCUT2D eigenvalue weighted by Gasteiger charge is -2.20. The highest BCUT2D eigenvalue weighted by Crippen LogP contribution is 2.35. The fourth-order valence-electron chi connectivity index (χ4n) is 1.56. The van der Waals surface area contributed by atoms with E-state index in [1.165, 1.54) is 32.4 Å². The van der Waals surface area contributed by atoms with Crippen LogP contribution < -0.4 is 9.47 Å². The van der Waals surface area contributed by atoms with E-state index in [1.807, 2.05) is 0 Å². The first-order chi connectivity index (χ1) is 9.41. The number of benzene rings is 1. The largest absolute Gasteiger partial charge is 0.523 e. The number of halogens is 3. The Morgan fingerprint density at radius 3 is 2.50 bits per heavy atom. The van der Waals surface area contributed by atoms with Crippen LogP contribution in [0, 0.1) is 0 Å². The standard InChI is InChI=1S/C11H12F3N3O3/c1-18-7-3-4-9(19-2)8(5-7)10(6-16-17-15)20-11(12,13)14/h3-5,10H,6H2,1-2H3. The van der Waals surface area contributed by atoms with E-state index < -0.39 is 19.0 Å². The summed E-state index contributed by atoms with van der Waals surface area (Å²) in [6.07, 6.45) is -6.39. The Kier molecular flexibility index (Phi) is 5.48. The molecule has 0 aliphatic carbocycles. The number of azide groups is 1. The van der Waals surface area contributed by atoms with Crippen molar-refractivity contribution >= 4 is 0 Å². The molecular formula is C11H12F3N3O3. The summed E-state index contributed by atoms with van der Waals surface area (Å²) < 4.78 is 51.1. The minimum absolute atomic E-state index is 0.0802. The van der Waals surface area contributed by atoms with Crippen LogP contribution in [0.15, 0.2) is 23.3 Å². The number of hydrogen-bond donors (Lipinski definition) is 0. The Balaban J connectivity index is 3.19. The lowest BCUT2D eigenvalue weighted by atomic mass is 10.1. The van der Waals surface area contributed by atoms with Crippen LogP contribution in [0.5, 0.6) is 11.5 Å². The van der Waals surface area contributed by atoms with Gasteiger partial charge >= 0.3 is 6.36 Å². The Labute approximate surface area is 112 Å². The second-order valence-electron chi connectivity index (χ2n) is 3.57. The molecule has 9 heteroatoms. The van der Waals surface area contributed by atoms with Crippen LogP contribution in [0.25, 0.3) is 10.4 Å². The fraction of sp³-hybridized carbons (Fsp3) is 0.455. The quantitative estimate of drug-likeness (QED) is 0.456. The van der Waals surface area contributed by atoms with Crippen molar-refractivity contribution < 1.29 is 27.4 Å². The average Bonchev–Trinajstić information content (AvgIpc) is 2.41. The molecule has 0 aromatic heterocycles. The topological polar surface area (TPSA) is 76.5 Å². The summed E-state index contributed by atoms with van der Waals surface area (Å²) in [6, 6.07) is 4.31. The summed E-state index contributed by atoms with van der Waals surface area (Å²) in [6.45, 7) is -0.528. The molecule has 0 radical (unpaired) electrons. The third-order valence-corrected chi connectivity index (χ3v) is 2.37. The molecule has 0 fully saturated rings. The van der Waals surface area contributed by atoms with Crippen molar-refractivity contribution in [1.29, 1.82) is 0 Å². The molecule has 1 rings (SSSR count). The molecule has 0 bridgehead atoms. The first kappa shape index (κ1) is 15.9. The first-order valence-electron chi connectivity index (χ1n) is 5.38. The van der Waals surface area contributed by atoms with Gasteiger partial charge in [-0.1, -0.05) is 5.11 Å². The van der Waals surface area contributed by atoms with E-state index in [1.54, 1.807) is 0 Å². The third-order valence-electron chi connectivity index (χ3n) is 2.37. The van der Waals surface area contributed by atoms with Gasteiger partial charge in [0.05, 0.1) is 20.8 Å². The Bertz CT molecular complexity index is 501. The summed E-state index contributed by atoms with van der Waals surface area (Å²) in [7, 11) is 2.68. The number of ether oxygens (including phenoxy) is 3. The third kappa shape index (κ3) is 4.52. The number of rotatable bonds is 6. The van der Waals surface area contributed by atoms with Gasteiger partial charge in [-0.05, 0) is 23.7 Å². The Morgan fingerprint density at radius 1 is 1.30 bits per heavy atom. The van der Waals surface area contributed by atoms with Crippen LogP contribution in [-0.4, -0.2) is 27.1 Å². The molecule has 0 aliphatic rings. The van der Waals surface area contributed by atoms with Crippen LogP contribution in [-0.2, 0) is 4.74 Å². The van der Waals surface area contributed by atoms with Crippen molar-refractivity contribution in [3.05, 3.63) is 34.2 Å². The van der Waals surface area contributed by atoms with Crippen LogP contribution in [0.4, 0.5) is 13.2 Å². The first-order valence-corrected chi connectivity index (χ1v) is 5.38. The van der Waals surface area contributed by atoms with Gasteiger partial charge < -0.3 is 9.47 Å². The molecule has 6 nitrogen and oxygen atoms in total. The Hall–Kier alpha value is -2.12. The van der Waals surface area contributed by atoms with Gasteiger partial charge in [0.2, 0.25) is 0 Å². The molecule has 1 aromatic rings. The van der Waals surface area contributed by atoms with Crippen molar-refractivity contribution in [2.75, 3.05) is 20.8 Å². The molecule has 0 amide bonds. The van der Waals surface area contributed by atoms with Gasteiger partial charge in [-0.15, -0.1) is 13.2 Å². The predicted octanol–water partition coefficient (Wildman–Crippen LogP) is 3.59. The minimum Gasteiger partial charge on any atom is -0.497 e. The number of alkyl halides is 3. The van der Waals surface area contributed by atoms with Crippen molar-refractivity contribution in [2.24, 2.45) is 5.11 Å². The summed E-state index contributed by atoms with van der Waals surface area (Å²) >= 11 is 0. The van der Waals surface area contributed by atoms with Crippen LogP contribution in [0.2, 0.25) is 0 Å². The highest BCUT2D eigenvalue weighted by Gasteiger charge is 2.35. The fourth-order valence-corrected chi connectivity index (χ4v) is 1.56. The zero-order valence-corrected chi connectivity index (χ0v) is 10.7. The molecule has 0 spiro atoms. The summed E-state index contributed by atoms with van der Waals surface area (Å²) in [4.78, 5) is 2.43. The maximum absolute atomic E-state index is 12.4. The van der Waals surface area contributed by atoms with Crippen LogP contribution >= 0.6 is 0 Å². The minimum atomic E-state index is -4.87. The number of hydrogen-bond acceptors (Lipinski definition) is 4. The van der Waals surface area contributed by atoms with Crippen molar-refractivity contribution in [1.82, 2.24) is 0 Å². The normalized spacial score (nSPS) is 12.4. The van der Waals surface area contributed by atoms with E-state index >= 15 is 0 Å². The monoisotopic (exact) mass is 291 g/mol. The van der Waals surface area contributed by atoms with Gasteiger partial charge in [0.1, 0.15) is 17.6 Å². The van der Waals surface area contributed by atoms with Gasteiger partial charge in [0.25, 0.3) is 0 Å². The smallest absolute Gasteiger partial charge is 0.497 e. The molecule has 1 aromatic carbocycles. The number of methoxy groups -OCH3 is 2. The second kappa shape index (κ2) is 6.88. The highest BCUT2D eigenvalue weighted by atomic mass is 19.4. The molecule has 110 valence electrons. The molecule has 0 heterocycles. The van der Waals surface area contributed by atoms with Crippen LogP contribution in [0.3, 0.4) is 0 Å². The molecule has 0 N–H and O–H groups in total. The zero-order chi connectivity index (χ0) is 15.2. The van der Waals surface area contributed by atoms with Crippen LogP contribution in [0.1, 0.15) is 11.7 Å². The summed E-state index contributed by atoms with van der Waals surface area (Å²) in [5, 5.41) is 3.12. The molecule has 0 aliphatic heterocycles. The maximum atomic E-state index is 12.4. The van der Waals surface area contributed by atoms with Crippen molar-refractivity contribution in [2.45, 2.75) is 12.5 Å². The average molecular weight is 291 g/mol. The second-order valence-corrected chi connectivity index (χ2v) is 3.57. The van der Waals surface area contributed by atoms with Gasteiger partial charge in [-0.3, -0.25) is 4.74 Å². The molecule has 0 saturated heterocycles. The molecule has 1 atom stereocenters. The van der Waals surface area contributed by atoms with Gasteiger partial charge in [0, 0.05) is 10.5 Å². The SMILES string of the molecule is COc1ccc(OC)c(C(CN=[N+]=[N-])OC(F)(F)F)c1. The van der Waals surface area contributed by atoms with E-state index in [-0.39, 0.29) is 11.3 Å². The van der Waals surface area contributed by atoms with Crippen molar-refractivity contribution in [3.63, 3.8) is 0 Å². The maximum Gasteiger partial charge on any atom is 0.523 e. The van der Waals surface area contributed by atoms with E-state index in [2.05, 4.69) is 14.8 Å². The van der Waals surface area contributed by atoms with Gasteiger partial charge in [-0.2, -0.15) is 0 Å². The van der Waals surface area contributed by atoms with E-state index in [4.69, 9.17) is 15.0 Å². The highest BCUT2D eigenvalue weighted by molar-refractivity contribution is 5.42. The van der Waals surface area contributed by atoms with Gasteiger partial charge in [-0.25, -0.2) is 0 Å². The lowest BCUT2D eigenvalue weighted by Crippen LogP contribution is -2.20. The molecular weight excluding hydrogens is 279 g/mol. The van der Waals surface area contributed by atoms with E-state index in [9.17, 15) is 13.2 Å². The van der Waals surface area contributed by atoms with Gasteiger partial charge in [0.15, 0.2) is 0 Å². The van der Waals surface area contributed by atoms with E-state index in [0.29, 0.717) is 5.75 Å². The van der Waals surface area contributed by atoms with Crippen molar-refractivity contribution in [3.8, 4) is 11.5 Å². The predicted molar refractivity (Wildman–Crippen MR) is 63.4 cm³/mol. The Morgan fingerprint density at radius 2 is 2.00 bits per heavy atom. The molecule has 20 heavy (non-hydrogen) atoms. The zero-order valence-electron chi connectivity index (χ0n) is 10.7.